The van der Waals surface area contributed by atoms with Crippen molar-refractivity contribution in [3.63, 3.8) is 0 Å². The van der Waals surface area contributed by atoms with Gasteiger partial charge in [0.25, 0.3) is 5.91 Å². The van der Waals surface area contributed by atoms with Gasteiger partial charge < -0.3 is 24.9 Å². The second-order valence-corrected chi connectivity index (χ2v) is 7.05. The van der Waals surface area contributed by atoms with Crippen molar-refractivity contribution in [2.24, 2.45) is 5.16 Å². The normalized spacial score (nSPS) is 19.4. The van der Waals surface area contributed by atoms with Gasteiger partial charge in [0, 0.05) is 31.6 Å². The van der Waals surface area contributed by atoms with Crippen LogP contribution < -0.4 is 5.32 Å². The molecule has 9 nitrogen and oxygen atoms in total. The fourth-order valence-corrected chi connectivity index (χ4v) is 3.42. The molecule has 1 unspecified atom stereocenters. The van der Waals surface area contributed by atoms with E-state index in [1.165, 1.54) is 0 Å². The maximum Gasteiger partial charge on any atom is 0.329 e. The molecule has 1 atom stereocenters. The van der Waals surface area contributed by atoms with E-state index in [4.69, 9.17) is 20.1 Å². The van der Waals surface area contributed by atoms with Gasteiger partial charge in [-0.05, 0) is 25.3 Å². The van der Waals surface area contributed by atoms with Crippen molar-refractivity contribution in [2.75, 3.05) is 26.2 Å². The lowest BCUT2D eigenvalue weighted by molar-refractivity contribution is -0.149. The number of carboxylic acid groups (broad SMARTS) is 1. The number of hydrogen-bond acceptors (Lipinski definition) is 6. The monoisotopic (exact) mass is 402 g/mol. The van der Waals surface area contributed by atoms with Crippen molar-refractivity contribution in [1.29, 1.82) is 5.41 Å². The van der Waals surface area contributed by atoms with Crippen LogP contribution in [0.15, 0.2) is 29.4 Å². The summed E-state index contributed by atoms with van der Waals surface area (Å²) in [6, 6.07) is 7.45. The van der Waals surface area contributed by atoms with E-state index in [1.54, 1.807) is 4.90 Å². The maximum atomic E-state index is 12.7. The lowest BCUT2D eigenvalue weighted by atomic mass is 10.0. The smallest absolute Gasteiger partial charge is 0.329 e. The van der Waals surface area contributed by atoms with E-state index >= 15 is 0 Å². The van der Waals surface area contributed by atoms with Gasteiger partial charge in [0.1, 0.15) is 12.4 Å². The summed E-state index contributed by atoms with van der Waals surface area (Å²) in [5.74, 6) is -0.725. The summed E-state index contributed by atoms with van der Waals surface area (Å²) in [6.07, 6.45) is 0.849. The minimum Gasteiger partial charge on any atom is -0.480 e. The molecule has 156 valence electrons. The van der Waals surface area contributed by atoms with E-state index < -0.39 is 12.1 Å². The highest BCUT2D eigenvalue weighted by Gasteiger charge is 2.34. The molecule has 0 radical (unpaired) electrons. The minimum atomic E-state index is -0.987. The van der Waals surface area contributed by atoms with E-state index in [1.807, 2.05) is 31.2 Å². The number of likely N-dealkylation sites (tertiary alicyclic amines) is 1. The van der Waals surface area contributed by atoms with Crippen LogP contribution in [0.2, 0.25) is 0 Å². The van der Waals surface area contributed by atoms with Gasteiger partial charge in [-0.2, -0.15) is 0 Å². The number of oxime groups is 1. The molecule has 1 aromatic carbocycles. The highest BCUT2D eigenvalue weighted by molar-refractivity contribution is 6.05. The highest BCUT2D eigenvalue weighted by Crippen LogP contribution is 2.21. The van der Waals surface area contributed by atoms with Gasteiger partial charge in [-0.25, -0.2) is 4.79 Å². The summed E-state index contributed by atoms with van der Waals surface area (Å²) in [5.41, 5.74) is 2.37. The Bertz CT molecular complexity index is 785. The summed E-state index contributed by atoms with van der Waals surface area (Å²) in [4.78, 5) is 30.4. The molecular weight excluding hydrogens is 376 g/mol. The fourth-order valence-electron chi connectivity index (χ4n) is 3.42. The lowest BCUT2D eigenvalue weighted by Gasteiger charge is -2.32. The number of benzene rings is 1. The molecule has 9 heteroatoms. The minimum absolute atomic E-state index is 0.106. The number of amidine groups is 1. The van der Waals surface area contributed by atoms with Gasteiger partial charge in [0.15, 0.2) is 0 Å². The molecule has 3 N–H and O–H groups in total. The molecule has 0 saturated carbocycles. The molecule has 1 amide bonds. The molecule has 0 bridgehead atoms. The molecule has 29 heavy (non-hydrogen) atoms. The van der Waals surface area contributed by atoms with Crippen LogP contribution in [0, 0.1) is 5.41 Å². The van der Waals surface area contributed by atoms with Crippen molar-refractivity contribution in [3.05, 3.63) is 35.4 Å². The van der Waals surface area contributed by atoms with Gasteiger partial charge >= 0.3 is 5.97 Å². The van der Waals surface area contributed by atoms with E-state index in [0.29, 0.717) is 50.4 Å². The number of nitrogens with one attached hydrogen (secondary N) is 2. The number of carboxylic acids is 1. The summed E-state index contributed by atoms with van der Waals surface area (Å²) in [5, 5.41) is 23.7. The number of ether oxygens (including phenoxy) is 1. The summed E-state index contributed by atoms with van der Waals surface area (Å²) < 4.78 is 5.30. The van der Waals surface area contributed by atoms with Crippen LogP contribution in [0.25, 0.3) is 0 Å². The zero-order valence-electron chi connectivity index (χ0n) is 16.4. The third kappa shape index (κ3) is 5.32. The summed E-state index contributed by atoms with van der Waals surface area (Å²) in [6.45, 7) is 3.34. The molecule has 0 spiro atoms. The first-order valence-corrected chi connectivity index (χ1v) is 9.76. The number of carbonyl (C=O) groups is 2. The Morgan fingerprint density at radius 2 is 2.00 bits per heavy atom. The van der Waals surface area contributed by atoms with Gasteiger partial charge in [0.2, 0.25) is 6.10 Å². The van der Waals surface area contributed by atoms with Crippen molar-refractivity contribution < 1.29 is 24.3 Å². The van der Waals surface area contributed by atoms with Gasteiger partial charge in [-0.15, -0.1) is 0 Å². The van der Waals surface area contributed by atoms with Crippen molar-refractivity contribution in [2.45, 2.75) is 38.4 Å². The number of rotatable bonds is 7. The van der Waals surface area contributed by atoms with Crippen LogP contribution in [0.4, 0.5) is 0 Å². The quantitative estimate of drug-likeness (QED) is 0.465. The predicted molar refractivity (Wildman–Crippen MR) is 106 cm³/mol. The molecule has 0 aliphatic carbocycles. The van der Waals surface area contributed by atoms with Gasteiger partial charge in [-0.1, -0.05) is 29.4 Å². The van der Waals surface area contributed by atoms with Crippen LogP contribution in [-0.4, -0.2) is 71.9 Å². The summed E-state index contributed by atoms with van der Waals surface area (Å²) in [7, 11) is 0. The van der Waals surface area contributed by atoms with E-state index in [0.717, 1.165) is 11.1 Å². The van der Waals surface area contributed by atoms with Gasteiger partial charge in [0.05, 0.1) is 11.8 Å². The zero-order valence-corrected chi connectivity index (χ0v) is 16.4. The first-order chi connectivity index (χ1) is 14.0. The number of piperidine rings is 1. The van der Waals surface area contributed by atoms with Crippen molar-refractivity contribution in [1.82, 2.24) is 10.2 Å². The third-order valence-corrected chi connectivity index (χ3v) is 5.00. The van der Waals surface area contributed by atoms with Crippen LogP contribution in [0.5, 0.6) is 0 Å². The molecule has 1 saturated heterocycles. The SMILES string of the molecule is CCNC(=N)c1ccc(C2=NOC(C(=O)N3CCC(OCC(=O)O)CC3)C2)cc1. The molecule has 3 rings (SSSR count). The standard InChI is InChI=1S/C20H26N4O5/c1-2-22-19(21)14-5-3-13(4-6-14)16-11-17(29-23-16)20(27)24-9-7-15(8-10-24)28-12-18(25)26/h3-6,15,17H,2,7-12H2,1H3,(H2,21,22)(H,25,26). The van der Waals surface area contributed by atoms with Crippen LogP contribution in [0.1, 0.15) is 37.3 Å². The average molecular weight is 402 g/mol. The molecule has 0 aromatic heterocycles. The Kier molecular flexibility index (Phi) is 6.82. The number of hydrogen-bond donors (Lipinski definition) is 3. The predicted octanol–water partition coefficient (Wildman–Crippen LogP) is 1.21. The van der Waals surface area contributed by atoms with E-state index in [-0.39, 0.29) is 18.6 Å². The third-order valence-electron chi connectivity index (χ3n) is 5.00. The van der Waals surface area contributed by atoms with Crippen LogP contribution >= 0.6 is 0 Å². The van der Waals surface area contributed by atoms with Crippen molar-refractivity contribution >= 4 is 23.4 Å². The Labute approximate surface area is 169 Å². The second-order valence-electron chi connectivity index (χ2n) is 7.05. The Hall–Kier alpha value is -2.94. The number of aliphatic carboxylic acids is 1. The number of amides is 1. The van der Waals surface area contributed by atoms with Crippen molar-refractivity contribution in [3.8, 4) is 0 Å². The first kappa shape index (κ1) is 20.8. The van der Waals surface area contributed by atoms with E-state index in [9.17, 15) is 9.59 Å². The molecule has 1 aromatic rings. The average Bonchev–Trinajstić information content (AvgIpc) is 3.22. The molecule has 2 aliphatic heterocycles. The molecule has 2 heterocycles. The van der Waals surface area contributed by atoms with E-state index in [2.05, 4.69) is 10.5 Å². The molecule has 1 fully saturated rings. The Balaban J connectivity index is 1.49. The van der Waals surface area contributed by atoms with Crippen LogP contribution in [-0.2, 0) is 19.2 Å². The first-order valence-electron chi connectivity index (χ1n) is 9.76. The topological polar surface area (TPSA) is 124 Å². The second kappa shape index (κ2) is 9.51. The largest absolute Gasteiger partial charge is 0.480 e. The Morgan fingerprint density at radius 3 is 2.62 bits per heavy atom. The zero-order chi connectivity index (χ0) is 20.8. The summed E-state index contributed by atoms with van der Waals surface area (Å²) >= 11 is 0. The highest BCUT2D eigenvalue weighted by atomic mass is 16.6. The lowest BCUT2D eigenvalue weighted by Crippen LogP contribution is -2.45. The Morgan fingerprint density at radius 1 is 1.31 bits per heavy atom. The molecular formula is C20H26N4O5. The fraction of sp³-hybridized carbons (Fsp3) is 0.500. The van der Waals surface area contributed by atoms with Crippen LogP contribution in [0.3, 0.4) is 0 Å². The molecule has 2 aliphatic rings. The number of carbonyl (C=O) groups excluding carboxylic acids is 1. The number of nitrogens with zero attached hydrogens (tertiary/aromatic N) is 2. The van der Waals surface area contributed by atoms with Gasteiger partial charge in [-0.3, -0.25) is 10.2 Å². The maximum absolute atomic E-state index is 12.7.